The van der Waals surface area contributed by atoms with Gasteiger partial charge in [-0.05, 0) is 12.0 Å². The molecular weight excluding hydrogens is 419 g/mol. The van der Waals surface area contributed by atoms with Gasteiger partial charge in [-0.25, -0.2) is 0 Å². The standard InChI is InChI=1S/C12H23O.C5H9BrNO.Y/c1-9(8-11(2,3)4)10(13)12(5,6)7;1-2-3-7-5(8)4-6;/h9H,1,8H2,2-7H3;1-4H2,(H,7,8);/q2*-1;. The van der Waals surface area contributed by atoms with Crippen LogP contribution in [0, 0.1) is 30.6 Å². The van der Waals surface area contributed by atoms with Gasteiger partial charge in [-0.2, -0.15) is 6.42 Å². The molecule has 3 nitrogen and oxygen atoms in total. The smallest absolute Gasteiger partial charge is 0.230 e. The van der Waals surface area contributed by atoms with E-state index in [9.17, 15) is 9.59 Å². The number of Topliss-reactive ketones (excluding diaryl/α,β-unsaturated/α-hetero) is 1. The molecule has 0 aliphatic heterocycles. The van der Waals surface area contributed by atoms with Gasteiger partial charge in [0.15, 0.2) is 0 Å². The SMILES string of the molecule is [CH2-]C(CC(C)(C)C)C(=O)C(C)(C)C.[CH2-]CCNC(=O)CBr.[Y]. The molecule has 129 valence electrons. The van der Waals surface area contributed by atoms with E-state index in [1.807, 2.05) is 20.8 Å². The maximum atomic E-state index is 11.8. The van der Waals surface area contributed by atoms with Crippen LogP contribution in [0.5, 0.6) is 0 Å². The summed E-state index contributed by atoms with van der Waals surface area (Å²) >= 11 is 3.01. The van der Waals surface area contributed by atoms with Gasteiger partial charge >= 0.3 is 0 Å². The third kappa shape index (κ3) is 17.1. The number of carbonyl (C=O) groups excluding carboxylic acids is 2. The number of hydrogen-bond donors (Lipinski definition) is 1. The molecule has 0 aromatic carbocycles. The number of hydrogen-bond acceptors (Lipinski definition) is 2. The van der Waals surface area contributed by atoms with Gasteiger partial charge in [0.2, 0.25) is 5.91 Å². The molecule has 0 aliphatic rings. The molecule has 1 amide bonds. The van der Waals surface area contributed by atoms with Crippen LogP contribution in [0.15, 0.2) is 0 Å². The molecule has 0 heterocycles. The summed E-state index contributed by atoms with van der Waals surface area (Å²) < 4.78 is 0. The number of nitrogens with one attached hydrogen (secondary N) is 1. The fourth-order valence-corrected chi connectivity index (χ4v) is 1.92. The summed E-state index contributed by atoms with van der Waals surface area (Å²) in [4.78, 5) is 22.2. The largest absolute Gasteiger partial charge is 0.358 e. The summed E-state index contributed by atoms with van der Waals surface area (Å²) in [7, 11) is 0. The van der Waals surface area contributed by atoms with E-state index in [4.69, 9.17) is 0 Å². The van der Waals surface area contributed by atoms with Crippen molar-refractivity contribution in [2.24, 2.45) is 16.7 Å². The third-order valence-electron chi connectivity index (χ3n) is 2.59. The second-order valence-corrected chi connectivity index (χ2v) is 7.97. The fraction of sp³-hybridized carbons (Fsp3) is 0.765. The molecule has 0 saturated carbocycles. The summed E-state index contributed by atoms with van der Waals surface area (Å²) in [5.74, 6) is 0.219. The van der Waals surface area contributed by atoms with Gasteiger partial charge in [0, 0.05) is 38.1 Å². The minimum Gasteiger partial charge on any atom is -0.358 e. The average molecular weight is 451 g/mol. The number of ketones is 1. The van der Waals surface area contributed by atoms with Crippen molar-refractivity contribution in [3.8, 4) is 0 Å². The van der Waals surface area contributed by atoms with E-state index in [0.717, 1.165) is 12.8 Å². The fourth-order valence-electron chi connectivity index (χ4n) is 1.72. The molecule has 0 aromatic rings. The normalized spacial score (nSPS) is 12.4. The van der Waals surface area contributed by atoms with Crippen LogP contribution < -0.4 is 5.32 Å². The number of halogens is 1. The molecule has 0 bridgehead atoms. The molecule has 0 rings (SSSR count). The quantitative estimate of drug-likeness (QED) is 0.503. The third-order valence-corrected chi connectivity index (χ3v) is 3.10. The van der Waals surface area contributed by atoms with E-state index < -0.39 is 0 Å². The van der Waals surface area contributed by atoms with Crippen LogP contribution in [0.4, 0.5) is 0 Å². The van der Waals surface area contributed by atoms with Crippen molar-refractivity contribution in [1.82, 2.24) is 5.32 Å². The van der Waals surface area contributed by atoms with Crippen molar-refractivity contribution in [2.45, 2.75) is 54.4 Å². The summed E-state index contributed by atoms with van der Waals surface area (Å²) in [6.07, 6.45) is 1.61. The molecule has 0 saturated heterocycles. The van der Waals surface area contributed by atoms with Crippen LogP contribution in [-0.4, -0.2) is 23.6 Å². The van der Waals surface area contributed by atoms with Crippen molar-refractivity contribution in [3.63, 3.8) is 0 Å². The van der Waals surface area contributed by atoms with E-state index in [-0.39, 0.29) is 61.1 Å². The zero-order chi connectivity index (χ0) is 17.3. The summed E-state index contributed by atoms with van der Waals surface area (Å²) in [6, 6.07) is 0. The molecule has 1 radical (unpaired) electrons. The molecule has 5 heteroatoms. The van der Waals surface area contributed by atoms with Crippen LogP contribution in [0.3, 0.4) is 0 Å². The van der Waals surface area contributed by atoms with Crippen LogP contribution in [0.25, 0.3) is 0 Å². The Labute approximate surface area is 171 Å². The Hall–Kier alpha value is 0.724. The first kappa shape index (κ1) is 27.6. The average Bonchev–Trinajstić information content (AvgIpc) is 2.32. The molecule has 0 aliphatic carbocycles. The van der Waals surface area contributed by atoms with Crippen LogP contribution >= 0.6 is 15.9 Å². The molecule has 0 spiro atoms. The molecule has 22 heavy (non-hydrogen) atoms. The predicted octanol–water partition coefficient (Wildman–Crippen LogP) is 4.21. The van der Waals surface area contributed by atoms with Crippen molar-refractivity contribution in [2.75, 3.05) is 11.9 Å². The van der Waals surface area contributed by atoms with Gasteiger partial charge < -0.3 is 24.0 Å². The maximum absolute atomic E-state index is 11.8. The summed E-state index contributed by atoms with van der Waals surface area (Å²) in [5, 5.41) is 3.02. The number of carbonyl (C=O) groups is 2. The monoisotopic (exact) mass is 450 g/mol. The van der Waals surface area contributed by atoms with E-state index >= 15 is 0 Å². The molecule has 1 atom stereocenters. The van der Waals surface area contributed by atoms with Crippen molar-refractivity contribution < 1.29 is 42.3 Å². The van der Waals surface area contributed by atoms with Crippen molar-refractivity contribution in [3.05, 3.63) is 13.8 Å². The number of amides is 1. The second kappa shape index (κ2) is 13.1. The van der Waals surface area contributed by atoms with Gasteiger partial charge in [0.1, 0.15) is 5.78 Å². The first-order chi connectivity index (χ1) is 9.35. The summed E-state index contributed by atoms with van der Waals surface area (Å²) in [5.41, 5.74) is -0.0645. The van der Waals surface area contributed by atoms with Crippen LogP contribution in [0.1, 0.15) is 54.4 Å². The zero-order valence-electron chi connectivity index (χ0n) is 15.1. The Balaban J connectivity index is -0.000000348. The Morgan fingerprint density at radius 2 is 1.59 bits per heavy atom. The van der Waals surface area contributed by atoms with Gasteiger partial charge in [-0.1, -0.05) is 63.9 Å². The van der Waals surface area contributed by atoms with Crippen LogP contribution in [0.2, 0.25) is 0 Å². The van der Waals surface area contributed by atoms with Crippen LogP contribution in [-0.2, 0) is 42.3 Å². The molecular formula is C17H32BrNO2Y-2. The molecule has 1 unspecified atom stereocenters. The Morgan fingerprint density at radius 1 is 1.14 bits per heavy atom. The number of alkyl halides is 1. The zero-order valence-corrected chi connectivity index (χ0v) is 19.5. The molecule has 0 fully saturated rings. The maximum Gasteiger partial charge on any atom is 0.230 e. The first-order valence-electron chi connectivity index (χ1n) is 7.34. The predicted molar refractivity (Wildman–Crippen MR) is 94.2 cm³/mol. The second-order valence-electron chi connectivity index (χ2n) is 7.41. The minimum absolute atomic E-state index is 0. The number of rotatable bonds is 5. The Kier molecular flexibility index (Phi) is 16.4. The Morgan fingerprint density at radius 3 is 1.86 bits per heavy atom. The van der Waals surface area contributed by atoms with Crippen molar-refractivity contribution >= 4 is 27.6 Å². The topological polar surface area (TPSA) is 46.2 Å². The summed E-state index contributed by atoms with van der Waals surface area (Å²) in [6.45, 7) is 20.5. The van der Waals surface area contributed by atoms with Gasteiger partial charge in [-0.15, -0.1) is 5.92 Å². The first-order valence-corrected chi connectivity index (χ1v) is 8.46. The van der Waals surface area contributed by atoms with E-state index in [2.05, 4.69) is 55.9 Å². The van der Waals surface area contributed by atoms with E-state index in [0.29, 0.717) is 11.9 Å². The van der Waals surface area contributed by atoms with E-state index in [1.165, 1.54) is 0 Å². The molecule has 0 aromatic heterocycles. The minimum atomic E-state index is -0.252. The van der Waals surface area contributed by atoms with Gasteiger partial charge in [0.05, 0.1) is 5.33 Å². The van der Waals surface area contributed by atoms with Gasteiger partial charge in [0.25, 0.3) is 0 Å². The Bertz CT molecular complexity index is 320. The molecule has 1 N–H and O–H groups in total. The van der Waals surface area contributed by atoms with Crippen molar-refractivity contribution in [1.29, 1.82) is 0 Å². The van der Waals surface area contributed by atoms with E-state index in [1.54, 1.807) is 0 Å². The van der Waals surface area contributed by atoms with Gasteiger partial charge in [-0.3, -0.25) is 4.79 Å².